The number of benzene rings is 2. The zero-order chi connectivity index (χ0) is 22.7. The Bertz CT molecular complexity index is 1020. The lowest BCUT2D eigenvalue weighted by Crippen LogP contribution is -2.35. The third-order valence-electron chi connectivity index (χ3n) is 4.51. The summed E-state index contributed by atoms with van der Waals surface area (Å²) < 4.78 is 7.70. The number of amides is 1. The van der Waals surface area contributed by atoms with Crippen LogP contribution in [0, 0.1) is 6.92 Å². The molecule has 0 bridgehead atoms. The second kappa shape index (κ2) is 10.4. The number of rotatable bonds is 6. The molecule has 0 aliphatic carbocycles. The molecule has 1 aliphatic rings. The number of hydrogen-bond donors (Lipinski definition) is 0. The number of aryl methyl sites for hydroxylation is 1. The predicted molar refractivity (Wildman–Crippen MR) is 137 cm³/mol. The van der Waals surface area contributed by atoms with Gasteiger partial charge in [-0.1, -0.05) is 29.8 Å². The number of halogens is 2. The summed E-state index contributed by atoms with van der Waals surface area (Å²) in [5.41, 5.74) is 3.23. The van der Waals surface area contributed by atoms with Crippen LogP contribution in [-0.2, 0) is 11.4 Å². The molecule has 0 radical (unpaired) electrons. The van der Waals surface area contributed by atoms with Gasteiger partial charge in [-0.25, -0.2) is 0 Å². The smallest absolute Gasteiger partial charge is 0.266 e. The quantitative estimate of drug-likeness (QED) is 0.348. The number of nitrogens with zero attached hydrogens (tertiary/aromatic N) is 2. The van der Waals surface area contributed by atoms with Gasteiger partial charge in [-0.05, 0) is 108 Å². The van der Waals surface area contributed by atoms with Crippen LogP contribution in [0.15, 0.2) is 55.2 Å². The maximum Gasteiger partial charge on any atom is 0.266 e. The Morgan fingerprint density at radius 2 is 1.81 bits per heavy atom. The lowest BCUT2D eigenvalue weighted by atomic mass is 10.1. The number of amidine groups is 1. The molecule has 2 aromatic rings. The highest BCUT2D eigenvalue weighted by Gasteiger charge is 2.35. The lowest BCUT2D eigenvalue weighted by molar-refractivity contribution is -0.123. The van der Waals surface area contributed by atoms with Gasteiger partial charge in [-0.3, -0.25) is 14.7 Å². The number of carbonyl (C=O) groups excluding carboxylic acids is 1. The fourth-order valence-corrected chi connectivity index (χ4v) is 5.85. The molecule has 31 heavy (non-hydrogen) atoms. The Kier molecular flexibility index (Phi) is 8.05. The zero-order valence-electron chi connectivity index (χ0n) is 18.3. The summed E-state index contributed by atoms with van der Waals surface area (Å²) in [7, 11) is 0. The van der Waals surface area contributed by atoms with E-state index in [-0.39, 0.29) is 18.0 Å². The van der Waals surface area contributed by atoms with Gasteiger partial charge >= 0.3 is 0 Å². The van der Waals surface area contributed by atoms with Gasteiger partial charge in [0.2, 0.25) is 0 Å². The Balaban J connectivity index is 1.84. The van der Waals surface area contributed by atoms with Crippen molar-refractivity contribution in [1.29, 1.82) is 0 Å². The van der Waals surface area contributed by atoms with Gasteiger partial charge < -0.3 is 4.74 Å². The second-order valence-corrected chi connectivity index (χ2v) is 10.7. The second-order valence-electron chi connectivity index (χ2n) is 7.98. The average Bonchev–Trinajstić information content (AvgIpc) is 2.95. The Morgan fingerprint density at radius 3 is 2.39 bits per heavy atom. The first-order chi connectivity index (χ1) is 14.7. The molecule has 0 spiro atoms. The van der Waals surface area contributed by atoms with E-state index in [1.165, 1.54) is 17.3 Å². The number of carbonyl (C=O) groups is 1. The molecule has 164 valence electrons. The molecule has 0 N–H and O–H groups in total. The summed E-state index contributed by atoms with van der Waals surface area (Å²) in [6.45, 7) is 10.6. The van der Waals surface area contributed by atoms with Crippen molar-refractivity contribution in [2.75, 3.05) is 0 Å². The van der Waals surface area contributed by atoms with Crippen LogP contribution in [0.2, 0.25) is 0 Å². The minimum atomic E-state index is -0.00795. The van der Waals surface area contributed by atoms with Crippen molar-refractivity contribution in [3.05, 3.63) is 66.9 Å². The fourth-order valence-electron chi connectivity index (χ4n) is 3.16. The highest BCUT2D eigenvalue weighted by Crippen LogP contribution is 2.38. The Morgan fingerprint density at radius 1 is 1.13 bits per heavy atom. The van der Waals surface area contributed by atoms with Gasteiger partial charge in [0.1, 0.15) is 12.4 Å². The third kappa shape index (κ3) is 6.02. The molecule has 1 heterocycles. The molecule has 0 atom stereocenters. The molecule has 2 aromatic carbocycles. The van der Waals surface area contributed by atoms with Gasteiger partial charge in [-0.2, -0.15) is 0 Å². The summed E-state index contributed by atoms with van der Waals surface area (Å²) in [6, 6.07) is 12.4. The molecule has 1 saturated heterocycles. The van der Waals surface area contributed by atoms with Gasteiger partial charge in [0.25, 0.3) is 5.91 Å². The van der Waals surface area contributed by atoms with Gasteiger partial charge in [-0.15, -0.1) is 0 Å². The van der Waals surface area contributed by atoms with E-state index in [1.54, 1.807) is 4.90 Å². The standard InChI is InChI=1S/C24H26Br2N2O2S/c1-14(2)27-24-28(15(3)4)23(29)21(31-24)12-18-10-19(25)22(20(26)11-18)30-13-17-8-6-7-16(5)9-17/h6-12,14-15H,13H2,1-5H3/b21-12+,27-24?. The van der Waals surface area contributed by atoms with Crippen molar-refractivity contribution in [2.45, 2.75) is 53.3 Å². The fraction of sp³-hybridized carbons (Fsp3) is 0.333. The van der Waals surface area contributed by atoms with Crippen LogP contribution in [0.25, 0.3) is 6.08 Å². The molecule has 4 nitrogen and oxygen atoms in total. The first kappa shape index (κ1) is 24.1. The molecule has 0 saturated carbocycles. The first-order valence-corrected chi connectivity index (χ1v) is 12.5. The van der Waals surface area contributed by atoms with Gasteiger partial charge in [0.05, 0.1) is 13.9 Å². The molecule has 1 fully saturated rings. The topological polar surface area (TPSA) is 41.9 Å². The van der Waals surface area contributed by atoms with E-state index in [2.05, 4.69) is 55.9 Å². The molecular formula is C24H26Br2N2O2S. The zero-order valence-corrected chi connectivity index (χ0v) is 22.3. The third-order valence-corrected chi connectivity index (χ3v) is 6.68. The first-order valence-electron chi connectivity index (χ1n) is 10.1. The maximum absolute atomic E-state index is 13.0. The largest absolute Gasteiger partial charge is 0.487 e. The van der Waals surface area contributed by atoms with Crippen molar-refractivity contribution in [3.8, 4) is 5.75 Å². The van der Waals surface area contributed by atoms with E-state index in [0.717, 1.165) is 31.0 Å². The van der Waals surface area contributed by atoms with Gasteiger partial charge in [0.15, 0.2) is 5.17 Å². The Hall–Kier alpha value is -1.57. The minimum Gasteiger partial charge on any atom is -0.487 e. The monoisotopic (exact) mass is 564 g/mol. The van der Waals surface area contributed by atoms with Gasteiger partial charge in [0, 0.05) is 12.1 Å². The van der Waals surface area contributed by atoms with Crippen LogP contribution in [0.3, 0.4) is 0 Å². The predicted octanol–water partition coefficient (Wildman–Crippen LogP) is 7.19. The van der Waals surface area contributed by atoms with E-state index >= 15 is 0 Å². The van der Waals surface area contributed by atoms with Crippen LogP contribution in [-0.4, -0.2) is 28.1 Å². The van der Waals surface area contributed by atoms with Crippen molar-refractivity contribution < 1.29 is 9.53 Å². The molecule has 1 amide bonds. The molecular weight excluding hydrogens is 540 g/mol. The van der Waals surface area contributed by atoms with E-state index in [9.17, 15) is 4.79 Å². The number of aliphatic imine (C=N–C) groups is 1. The Labute approximate surface area is 205 Å². The minimum absolute atomic E-state index is 0.00795. The highest BCUT2D eigenvalue weighted by molar-refractivity contribution is 9.11. The highest BCUT2D eigenvalue weighted by atomic mass is 79.9. The van der Waals surface area contributed by atoms with Crippen LogP contribution < -0.4 is 4.74 Å². The summed E-state index contributed by atoms with van der Waals surface area (Å²) in [4.78, 5) is 20.0. The molecule has 3 rings (SSSR count). The summed E-state index contributed by atoms with van der Waals surface area (Å²) >= 11 is 8.67. The van der Waals surface area contributed by atoms with E-state index in [0.29, 0.717) is 11.5 Å². The van der Waals surface area contributed by atoms with Crippen molar-refractivity contribution in [2.24, 2.45) is 4.99 Å². The molecule has 0 unspecified atom stereocenters. The van der Waals surface area contributed by atoms with E-state index < -0.39 is 0 Å². The summed E-state index contributed by atoms with van der Waals surface area (Å²) in [6.07, 6.45) is 1.91. The normalized spacial score (nSPS) is 16.9. The van der Waals surface area contributed by atoms with Crippen molar-refractivity contribution >= 4 is 60.8 Å². The van der Waals surface area contributed by atoms with E-state index in [1.807, 2.05) is 58.0 Å². The van der Waals surface area contributed by atoms with Crippen LogP contribution >= 0.6 is 43.6 Å². The molecule has 7 heteroatoms. The number of ether oxygens (including phenoxy) is 1. The van der Waals surface area contributed by atoms with E-state index in [4.69, 9.17) is 4.74 Å². The van der Waals surface area contributed by atoms with Crippen LogP contribution in [0.5, 0.6) is 5.75 Å². The maximum atomic E-state index is 13.0. The van der Waals surface area contributed by atoms with Crippen LogP contribution in [0.1, 0.15) is 44.4 Å². The summed E-state index contributed by atoms with van der Waals surface area (Å²) in [5, 5.41) is 0.762. The van der Waals surface area contributed by atoms with Crippen LogP contribution in [0.4, 0.5) is 0 Å². The summed E-state index contributed by atoms with van der Waals surface area (Å²) in [5.74, 6) is 0.728. The average molecular weight is 566 g/mol. The van der Waals surface area contributed by atoms with Crippen molar-refractivity contribution in [3.63, 3.8) is 0 Å². The number of hydrogen-bond acceptors (Lipinski definition) is 4. The SMILES string of the molecule is Cc1cccc(COc2c(Br)cc(/C=C3/SC(=NC(C)C)N(C(C)C)C3=O)cc2Br)c1. The lowest BCUT2D eigenvalue weighted by Gasteiger charge is -2.20. The number of thioether (sulfide) groups is 1. The molecule has 1 aliphatic heterocycles. The molecule has 0 aromatic heterocycles. The van der Waals surface area contributed by atoms with Crippen molar-refractivity contribution in [1.82, 2.24) is 4.90 Å².